The molecule has 0 radical (unpaired) electrons. The van der Waals surface area contributed by atoms with Gasteiger partial charge in [0.15, 0.2) is 0 Å². The molecule has 1 aromatic heterocycles. The molecular weight excluding hydrogens is 212 g/mol. The summed E-state index contributed by atoms with van der Waals surface area (Å²) in [7, 11) is 0. The van der Waals surface area contributed by atoms with E-state index < -0.39 is 0 Å². The van der Waals surface area contributed by atoms with Crippen LogP contribution < -0.4 is 0 Å². The Bertz CT molecular complexity index is 485. The Morgan fingerprint density at radius 2 is 1.88 bits per heavy atom. The van der Waals surface area contributed by atoms with Crippen molar-refractivity contribution in [3.8, 4) is 11.3 Å². The van der Waals surface area contributed by atoms with Crippen LogP contribution >= 0.6 is 0 Å². The van der Waals surface area contributed by atoms with Gasteiger partial charge in [0.25, 0.3) is 0 Å². The van der Waals surface area contributed by atoms with Crippen LogP contribution in [0, 0.1) is 13.8 Å². The van der Waals surface area contributed by atoms with E-state index in [4.69, 9.17) is 5.11 Å². The third kappa shape index (κ3) is 2.74. The zero-order valence-electron chi connectivity index (χ0n) is 10.3. The minimum atomic E-state index is 0.208. The lowest BCUT2D eigenvalue weighted by Crippen LogP contribution is -1.91. The van der Waals surface area contributed by atoms with Gasteiger partial charge in [0.2, 0.25) is 0 Å². The molecule has 0 amide bonds. The lowest BCUT2D eigenvalue weighted by Gasteiger charge is -1.98. The molecule has 0 fully saturated rings. The standard InChI is InChI=1S/C14H18N2O/c1-10-5-7-12(8-6-10)14-11(2)15-13(16-14)4-3-9-17/h5-8,17H,3-4,9H2,1-2H3,(H,15,16). The molecule has 1 aromatic carbocycles. The first kappa shape index (κ1) is 11.9. The van der Waals surface area contributed by atoms with Crippen LogP contribution in [-0.2, 0) is 6.42 Å². The molecular formula is C14H18N2O. The van der Waals surface area contributed by atoms with Gasteiger partial charge in [-0.3, -0.25) is 0 Å². The number of aliphatic hydroxyl groups is 1. The first-order chi connectivity index (χ1) is 8.20. The summed E-state index contributed by atoms with van der Waals surface area (Å²) in [5.74, 6) is 0.951. The summed E-state index contributed by atoms with van der Waals surface area (Å²) in [5, 5.41) is 8.81. The number of rotatable bonds is 4. The van der Waals surface area contributed by atoms with Crippen LogP contribution in [-0.4, -0.2) is 21.7 Å². The highest BCUT2D eigenvalue weighted by molar-refractivity contribution is 5.62. The van der Waals surface area contributed by atoms with Crippen LogP contribution in [0.3, 0.4) is 0 Å². The van der Waals surface area contributed by atoms with Crippen LogP contribution in [0.15, 0.2) is 24.3 Å². The van der Waals surface area contributed by atoms with E-state index >= 15 is 0 Å². The smallest absolute Gasteiger partial charge is 0.107 e. The molecule has 2 N–H and O–H groups in total. The second-order valence-corrected chi connectivity index (χ2v) is 4.35. The molecule has 0 saturated carbocycles. The average molecular weight is 230 g/mol. The van der Waals surface area contributed by atoms with E-state index in [9.17, 15) is 0 Å². The fraction of sp³-hybridized carbons (Fsp3) is 0.357. The van der Waals surface area contributed by atoms with Gasteiger partial charge in [0, 0.05) is 24.3 Å². The molecule has 1 heterocycles. The summed E-state index contributed by atoms with van der Waals surface area (Å²) in [6.45, 7) is 4.32. The Labute approximate surface area is 102 Å². The summed E-state index contributed by atoms with van der Waals surface area (Å²) < 4.78 is 0. The van der Waals surface area contributed by atoms with Crippen LogP contribution in [0.1, 0.15) is 23.5 Å². The molecule has 0 aliphatic carbocycles. The normalized spacial score (nSPS) is 10.8. The maximum Gasteiger partial charge on any atom is 0.107 e. The van der Waals surface area contributed by atoms with Gasteiger partial charge >= 0.3 is 0 Å². The van der Waals surface area contributed by atoms with Gasteiger partial charge in [-0.05, 0) is 20.3 Å². The lowest BCUT2D eigenvalue weighted by molar-refractivity contribution is 0.287. The highest BCUT2D eigenvalue weighted by Crippen LogP contribution is 2.21. The largest absolute Gasteiger partial charge is 0.396 e. The monoisotopic (exact) mass is 230 g/mol. The maximum absolute atomic E-state index is 8.81. The molecule has 3 nitrogen and oxygen atoms in total. The van der Waals surface area contributed by atoms with E-state index in [2.05, 4.69) is 41.2 Å². The van der Waals surface area contributed by atoms with Crippen molar-refractivity contribution >= 4 is 0 Å². The van der Waals surface area contributed by atoms with Gasteiger partial charge in [0.1, 0.15) is 5.82 Å². The van der Waals surface area contributed by atoms with Gasteiger partial charge in [0.05, 0.1) is 5.69 Å². The molecule has 2 rings (SSSR count). The molecule has 0 spiro atoms. The van der Waals surface area contributed by atoms with Crippen molar-refractivity contribution in [1.82, 2.24) is 9.97 Å². The predicted molar refractivity (Wildman–Crippen MR) is 68.9 cm³/mol. The van der Waals surface area contributed by atoms with Crippen LogP contribution in [0.2, 0.25) is 0 Å². The van der Waals surface area contributed by atoms with E-state index in [1.54, 1.807) is 0 Å². The number of hydrogen-bond acceptors (Lipinski definition) is 2. The molecule has 0 aliphatic rings. The van der Waals surface area contributed by atoms with E-state index in [-0.39, 0.29) is 6.61 Å². The van der Waals surface area contributed by atoms with Crippen LogP contribution in [0.4, 0.5) is 0 Å². The number of benzene rings is 1. The zero-order chi connectivity index (χ0) is 12.3. The topological polar surface area (TPSA) is 48.9 Å². The molecule has 0 bridgehead atoms. The minimum Gasteiger partial charge on any atom is -0.396 e. The number of hydrogen-bond donors (Lipinski definition) is 2. The summed E-state index contributed by atoms with van der Waals surface area (Å²) >= 11 is 0. The van der Waals surface area contributed by atoms with Crippen molar-refractivity contribution in [3.05, 3.63) is 41.3 Å². The number of nitrogens with one attached hydrogen (secondary N) is 1. The number of nitrogens with zero attached hydrogens (tertiary/aromatic N) is 1. The lowest BCUT2D eigenvalue weighted by atomic mass is 10.1. The third-order valence-electron chi connectivity index (χ3n) is 2.83. The van der Waals surface area contributed by atoms with Crippen molar-refractivity contribution in [1.29, 1.82) is 0 Å². The fourth-order valence-electron chi connectivity index (χ4n) is 1.88. The highest BCUT2D eigenvalue weighted by Gasteiger charge is 2.08. The quantitative estimate of drug-likeness (QED) is 0.848. The summed E-state index contributed by atoms with van der Waals surface area (Å²) in [5.41, 5.74) is 4.49. The van der Waals surface area contributed by atoms with Crippen LogP contribution in [0.5, 0.6) is 0 Å². The Balaban J connectivity index is 2.26. The summed E-state index contributed by atoms with van der Waals surface area (Å²) in [4.78, 5) is 7.85. The summed E-state index contributed by atoms with van der Waals surface area (Å²) in [6.07, 6.45) is 1.55. The molecule has 0 atom stereocenters. The van der Waals surface area contributed by atoms with Gasteiger partial charge in [-0.1, -0.05) is 29.8 Å². The Morgan fingerprint density at radius 1 is 1.18 bits per heavy atom. The van der Waals surface area contributed by atoms with Crippen molar-refractivity contribution in [3.63, 3.8) is 0 Å². The first-order valence-electron chi connectivity index (χ1n) is 5.94. The number of aromatic amines is 1. The SMILES string of the molecule is Cc1ccc(-c2nc(CCCO)[nH]c2C)cc1. The van der Waals surface area contributed by atoms with Gasteiger partial charge in [-0.25, -0.2) is 4.98 Å². The Morgan fingerprint density at radius 3 is 2.53 bits per heavy atom. The molecule has 17 heavy (non-hydrogen) atoms. The van der Waals surface area contributed by atoms with Crippen molar-refractivity contribution in [2.75, 3.05) is 6.61 Å². The number of H-pyrrole nitrogens is 1. The second kappa shape index (κ2) is 5.15. The van der Waals surface area contributed by atoms with Crippen LogP contribution in [0.25, 0.3) is 11.3 Å². The van der Waals surface area contributed by atoms with Gasteiger partial charge in [-0.2, -0.15) is 0 Å². The van der Waals surface area contributed by atoms with Crippen molar-refractivity contribution < 1.29 is 5.11 Å². The average Bonchev–Trinajstić information content (AvgIpc) is 2.69. The number of imidazole rings is 1. The molecule has 2 aromatic rings. The van der Waals surface area contributed by atoms with E-state index in [1.807, 2.05) is 6.92 Å². The van der Waals surface area contributed by atoms with E-state index in [0.29, 0.717) is 0 Å². The fourth-order valence-corrected chi connectivity index (χ4v) is 1.88. The number of aromatic nitrogens is 2. The number of aryl methyl sites for hydroxylation is 3. The van der Waals surface area contributed by atoms with Gasteiger partial charge in [-0.15, -0.1) is 0 Å². The first-order valence-corrected chi connectivity index (χ1v) is 5.94. The molecule has 3 heteroatoms. The second-order valence-electron chi connectivity index (χ2n) is 4.35. The van der Waals surface area contributed by atoms with Crippen molar-refractivity contribution in [2.45, 2.75) is 26.7 Å². The Hall–Kier alpha value is -1.61. The maximum atomic E-state index is 8.81. The highest BCUT2D eigenvalue weighted by atomic mass is 16.2. The van der Waals surface area contributed by atoms with Crippen molar-refractivity contribution in [2.24, 2.45) is 0 Å². The van der Waals surface area contributed by atoms with Gasteiger partial charge < -0.3 is 10.1 Å². The molecule has 90 valence electrons. The zero-order valence-corrected chi connectivity index (χ0v) is 10.3. The molecule has 0 saturated heterocycles. The Kier molecular flexibility index (Phi) is 3.59. The summed E-state index contributed by atoms with van der Waals surface area (Å²) in [6, 6.07) is 8.37. The molecule has 0 unspecified atom stereocenters. The third-order valence-corrected chi connectivity index (χ3v) is 2.83. The predicted octanol–water partition coefficient (Wildman–Crippen LogP) is 2.62. The van der Waals surface area contributed by atoms with E-state index in [0.717, 1.165) is 35.6 Å². The van der Waals surface area contributed by atoms with E-state index in [1.165, 1.54) is 5.56 Å². The minimum absolute atomic E-state index is 0.208. The number of aliphatic hydroxyl groups excluding tert-OH is 1. The molecule has 0 aliphatic heterocycles.